The number of benzene rings is 1. The Morgan fingerprint density at radius 2 is 2.00 bits per heavy atom. The molecule has 0 amide bonds. The number of ether oxygens (including phenoxy) is 1. The van der Waals surface area contributed by atoms with Crippen molar-refractivity contribution in [3.8, 4) is 11.6 Å². The normalized spacial score (nSPS) is 10.3. The van der Waals surface area contributed by atoms with E-state index in [2.05, 4.69) is 4.98 Å². The molecule has 0 fully saturated rings. The van der Waals surface area contributed by atoms with Gasteiger partial charge in [-0.25, -0.2) is 4.98 Å². The van der Waals surface area contributed by atoms with Crippen molar-refractivity contribution in [1.29, 1.82) is 0 Å². The zero-order chi connectivity index (χ0) is 12.3. The highest BCUT2D eigenvalue weighted by Gasteiger charge is 2.05. The molecule has 3 nitrogen and oxygen atoms in total. The fourth-order valence-electron chi connectivity index (χ4n) is 1.30. The van der Waals surface area contributed by atoms with Crippen molar-refractivity contribution >= 4 is 23.2 Å². The van der Waals surface area contributed by atoms with Crippen molar-refractivity contribution in [2.45, 2.75) is 6.54 Å². The van der Waals surface area contributed by atoms with Gasteiger partial charge in [0.05, 0.1) is 10.7 Å². The second-order valence-electron chi connectivity index (χ2n) is 3.35. The standard InChI is InChI=1S/C12H10Cl2N2O/c13-8-4-5-11(10(14)6-8)17-12-3-1-2-9(7-15)16-12/h1-6H,7,15H2. The molecule has 0 radical (unpaired) electrons. The summed E-state index contributed by atoms with van der Waals surface area (Å²) < 4.78 is 5.55. The Labute approximate surface area is 109 Å². The highest BCUT2D eigenvalue weighted by molar-refractivity contribution is 6.35. The second-order valence-corrected chi connectivity index (χ2v) is 4.19. The zero-order valence-corrected chi connectivity index (χ0v) is 10.4. The SMILES string of the molecule is NCc1cccc(Oc2ccc(Cl)cc2Cl)n1. The number of rotatable bonds is 3. The third-order valence-electron chi connectivity index (χ3n) is 2.10. The lowest BCUT2D eigenvalue weighted by molar-refractivity contribution is 0.461. The molecule has 0 bridgehead atoms. The molecule has 17 heavy (non-hydrogen) atoms. The van der Waals surface area contributed by atoms with Crippen LogP contribution in [0, 0.1) is 0 Å². The fourth-order valence-corrected chi connectivity index (χ4v) is 1.75. The Balaban J connectivity index is 2.25. The first kappa shape index (κ1) is 12.2. The number of pyridine rings is 1. The van der Waals surface area contributed by atoms with Gasteiger partial charge in [-0.05, 0) is 24.3 Å². The van der Waals surface area contributed by atoms with Gasteiger partial charge in [-0.3, -0.25) is 0 Å². The summed E-state index contributed by atoms with van der Waals surface area (Å²) >= 11 is 11.8. The predicted octanol–water partition coefficient (Wildman–Crippen LogP) is 3.64. The molecule has 2 rings (SSSR count). The predicted molar refractivity (Wildman–Crippen MR) is 68.7 cm³/mol. The number of hydrogen-bond donors (Lipinski definition) is 1. The lowest BCUT2D eigenvalue weighted by Crippen LogP contribution is -2.00. The molecule has 5 heteroatoms. The molecule has 88 valence electrons. The first-order chi connectivity index (χ1) is 8.19. The Kier molecular flexibility index (Phi) is 3.84. The molecule has 0 saturated heterocycles. The van der Waals surface area contributed by atoms with Crippen LogP contribution >= 0.6 is 23.2 Å². The van der Waals surface area contributed by atoms with Crippen LogP contribution < -0.4 is 10.5 Å². The average molecular weight is 269 g/mol. The molecular formula is C12H10Cl2N2O. The van der Waals surface area contributed by atoms with E-state index in [0.29, 0.717) is 28.2 Å². The number of halogens is 2. The van der Waals surface area contributed by atoms with Crippen LogP contribution in [-0.4, -0.2) is 4.98 Å². The maximum Gasteiger partial charge on any atom is 0.219 e. The third kappa shape index (κ3) is 3.09. The maximum absolute atomic E-state index is 5.99. The minimum absolute atomic E-state index is 0.367. The van der Waals surface area contributed by atoms with Gasteiger partial charge in [0.2, 0.25) is 5.88 Å². The van der Waals surface area contributed by atoms with E-state index in [-0.39, 0.29) is 0 Å². The van der Waals surface area contributed by atoms with Crippen molar-refractivity contribution in [2.24, 2.45) is 5.73 Å². The van der Waals surface area contributed by atoms with Crippen molar-refractivity contribution < 1.29 is 4.74 Å². The van der Waals surface area contributed by atoms with Crippen LogP contribution in [0.4, 0.5) is 0 Å². The van der Waals surface area contributed by atoms with E-state index < -0.39 is 0 Å². The largest absolute Gasteiger partial charge is 0.437 e. The molecule has 0 saturated carbocycles. The van der Waals surface area contributed by atoms with Crippen LogP contribution in [0.1, 0.15) is 5.69 Å². The topological polar surface area (TPSA) is 48.1 Å². The van der Waals surface area contributed by atoms with Crippen LogP contribution in [0.3, 0.4) is 0 Å². The van der Waals surface area contributed by atoms with Crippen LogP contribution in [0.5, 0.6) is 11.6 Å². The molecule has 0 aliphatic rings. The summed E-state index contributed by atoms with van der Waals surface area (Å²) in [7, 11) is 0. The first-order valence-electron chi connectivity index (χ1n) is 4.98. The monoisotopic (exact) mass is 268 g/mol. The summed E-state index contributed by atoms with van der Waals surface area (Å²) in [5, 5.41) is 1.00. The maximum atomic E-state index is 5.99. The molecule has 1 aromatic carbocycles. The zero-order valence-electron chi connectivity index (χ0n) is 8.86. The van der Waals surface area contributed by atoms with E-state index in [1.165, 1.54) is 0 Å². The van der Waals surface area contributed by atoms with Crippen molar-refractivity contribution in [1.82, 2.24) is 4.98 Å². The molecule has 2 N–H and O–H groups in total. The highest BCUT2D eigenvalue weighted by atomic mass is 35.5. The van der Waals surface area contributed by atoms with Gasteiger partial charge < -0.3 is 10.5 Å². The summed E-state index contributed by atoms with van der Waals surface area (Å²) in [6.07, 6.45) is 0. The Hall–Kier alpha value is -1.29. The van der Waals surface area contributed by atoms with E-state index in [1.807, 2.05) is 12.1 Å². The molecule has 2 aromatic rings. The lowest BCUT2D eigenvalue weighted by Gasteiger charge is -2.07. The molecule has 1 heterocycles. The molecule has 0 spiro atoms. The van der Waals surface area contributed by atoms with Gasteiger partial charge in [-0.15, -0.1) is 0 Å². The number of aromatic nitrogens is 1. The van der Waals surface area contributed by atoms with E-state index in [0.717, 1.165) is 5.69 Å². The average Bonchev–Trinajstić information content (AvgIpc) is 2.33. The van der Waals surface area contributed by atoms with Gasteiger partial charge in [-0.2, -0.15) is 0 Å². The summed E-state index contributed by atoms with van der Waals surface area (Å²) in [5.41, 5.74) is 6.26. The highest BCUT2D eigenvalue weighted by Crippen LogP contribution is 2.30. The van der Waals surface area contributed by atoms with Gasteiger partial charge in [0, 0.05) is 17.6 Å². The molecule has 0 aliphatic carbocycles. The first-order valence-corrected chi connectivity index (χ1v) is 5.73. The van der Waals surface area contributed by atoms with Gasteiger partial charge in [0.1, 0.15) is 5.75 Å². The number of hydrogen-bond acceptors (Lipinski definition) is 3. The van der Waals surface area contributed by atoms with E-state index in [9.17, 15) is 0 Å². The van der Waals surface area contributed by atoms with Crippen LogP contribution in [-0.2, 0) is 6.54 Å². The smallest absolute Gasteiger partial charge is 0.219 e. The molecule has 0 atom stereocenters. The molecule has 1 aromatic heterocycles. The number of nitrogens with zero attached hydrogens (tertiary/aromatic N) is 1. The summed E-state index contributed by atoms with van der Waals surface area (Å²) in [4.78, 5) is 4.21. The minimum Gasteiger partial charge on any atom is -0.437 e. The van der Waals surface area contributed by atoms with Crippen LogP contribution in [0.15, 0.2) is 36.4 Å². The van der Waals surface area contributed by atoms with Gasteiger partial charge in [0.15, 0.2) is 0 Å². The third-order valence-corrected chi connectivity index (χ3v) is 2.63. The molecule has 0 aliphatic heterocycles. The van der Waals surface area contributed by atoms with Crippen LogP contribution in [0.2, 0.25) is 10.0 Å². The van der Waals surface area contributed by atoms with Gasteiger partial charge in [-0.1, -0.05) is 29.3 Å². The van der Waals surface area contributed by atoms with E-state index in [1.54, 1.807) is 24.3 Å². The van der Waals surface area contributed by atoms with Crippen molar-refractivity contribution in [3.63, 3.8) is 0 Å². The summed E-state index contributed by atoms with van der Waals surface area (Å²) in [5.74, 6) is 0.968. The van der Waals surface area contributed by atoms with Crippen molar-refractivity contribution in [3.05, 3.63) is 52.1 Å². The quantitative estimate of drug-likeness (QED) is 0.925. The minimum atomic E-state index is 0.367. The van der Waals surface area contributed by atoms with E-state index >= 15 is 0 Å². The summed E-state index contributed by atoms with van der Waals surface area (Å²) in [6, 6.07) is 10.4. The van der Waals surface area contributed by atoms with Crippen molar-refractivity contribution in [2.75, 3.05) is 0 Å². The second kappa shape index (κ2) is 5.36. The fraction of sp³-hybridized carbons (Fsp3) is 0.0833. The lowest BCUT2D eigenvalue weighted by atomic mass is 10.3. The van der Waals surface area contributed by atoms with Gasteiger partial charge in [0.25, 0.3) is 0 Å². The van der Waals surface area contributed by atoms with E-state index in [4.69, 9.17) is 33.7 Å². The summed E-state index contributed by atoms with van der Waals surface area (Å²) in [6.45, 7) is 0.367. The molecule has 0 unspecified atom stereocenters. The molecular weight excluding hydrogens is 259 g/mol. The Bertz CT molecular complexity index is 532. The Morgan fingerprint density at radius 3 is 2.71 bits per heavy atom. The van der Waals surface area contributed by atoms with Gasteiger partial charge >= 0.3 is 0 Å². The Morgan fingerprint density at radius 1 is 1.18 bits per heavy atom. The number of nitrogens with two attached hydrogens (primary N) is 1. The van der Waals surface area contributed by atoms with Crippen LogP contribution in [0.25, 0.3) is 0 Å².